The smallest absolute Gasteiger partial charge is 0.293 e. The number of carbonyl (C=O) groups is 1. The number of hydrogen-bond donors (Lipinski definition) is 1. The van der Waals surface area contributed by atoms with Gasteiger partial charge in [-0.25, -0.2) is 9.20 Å². The largest absolute Gasteiger partial charge is 0.350 e. The van der Waals surface area contributed by atoms with Crippen LogP contribution in [-0.4, -0.2) is 25.3 Å². The second kappa shape index (κ2) is 8.39. The normalized spacial score (nSPS) is 11.2. The molecular formula is C24H18BrN5O2. The minimum Gasteiger partial charge on any atom is -0.350 e. The van der Waals surface area contributed by atoms with Crippen LogP contribution in [0.2, 0.25) is 0 Å². The Kier molecular flexibility index (Phi) is 5.28. The highest BCUT2D eigenvalue weighted by molar-refractivity contribution is 9.10. The van der Waals surface area contributed by atoms with E-state index in [-0.39, 0.29) is 18.0 Å². The molecule has 0 saturated heterocycles. The van der Waals surface area contributed by atoms with Gasteiger partial charge in [-0.3, -0.25) is 9.59 Å². The van der Waals surface area contributed by atoms with Crippen molar-refractivity contribution in [3.05, 3.63) is 99.5 Å². The van der Waals surface area contributed by atoms with E-state index in [9.17, 15) is 9.59 Å². The van der Waals surface area contributed by atoms with Crippen LogP contribution in [0, 0.1) is 0 Å². The highest BCUT2D eigenvalue weighted by atomic mass is 79.9. The number of benzene rings is 3. The molecule has 0 bridgehead atoms. The van der Waals surface area contributed by atoms with Crippen LogP contribution in [0.1, 0.15) is 5.56 Å². The number of carbonyl (C=O) groups excluding carboxylic acids is 1. The van der Waals surface area contributed by atoms with Gasteiger partial charge in [-0.05, 0) is 28.5 Å². The van der Waals surface area contributed by atoms with E-state index in [0.717, 1.165) is 31.1 Å². The Balaban J connectivity index is 1.41. The topological polar surface area (TPSA) is 81.3 Å². The maximum absolute atomic E-state index is 13.0. The summed E-state index contributed by atoms with van der Waals surface area (Å²) in [6.07, 6.45) is 1.45. The van der Waals surface area contributed by atoms with Crippen LogP contribution in [0.5, 0.6) is 0 Å². The van der Waals surface area contributed by atoms with E-state index in [2.05, 4.69) is 31.4 Å². The molecular weight excluding hydrogens is 470 g/mol. The molecule has 32 heavy (non-hydrogen) atoms. The lowest BCUT2D eigenvalue weighted by atomic mass is 10.0. The summed E-state index contributed by atoms with van der Waals surface area (Å²) in [5.41, 5.74) is 2.55. The molecule has 5 aromatic rings. The first-order valence-electron chi connectivity index (χ1n) is 10.0. The summed E-state index contributed by atoms with van der Waals surface area (Å²) in [7, 11) is 0. The highest BCUT2D eigenvalue weighted by Gasteiger charge is 2.14. The molecule has 8 heteroatoms. The molecule has 3 aromatic carbocycles. The molecule has 0 radical (unpaired) electrons. The van der Waals surface area contributed by atoms with Crippen LogP contribution >= 0.6 is 15.9 Å². The first-order valence-corrected chi connectivity index (χ1v) is 10.8. The molecule has 0 saturated carbocycles. The minimum absolute atomic E-state index is 0.172. The van der Waals surface area contributed by atoms with Gasteiger partial charge >= 0.3 is 0 Å². The second-order valence-corrected chi connectivity index (χ2v) is 8.20. The number of hydrogen-bond acceptors (Lipinski definition) is 4. The molecule has 1 N–H and O–H groups in total. The zero-order valence-corrected chi connectivity index (χ0v) is 18.5. The Labute approximate surface area is 191 Å². The zero-order chi connectivity index (χ0) is 22.1. The van der Waals surface area contributed by atoms with E-state index < -0.39 is 0 Å². The van der Waals surface area contributed by atoms with Gasteiger partial charge in [0.15, 0.2) is 0 Å². The lowest BCUT2D eigenvalue weighted by Crippen LogP contribution is -2.34. The third-order valence-electron chi connectivity index (χ3n) is 5.28. The van der Waals surface area contributed by atoms with Gasteiger partial charge in [0, 0.05) is 16.6 Å². The molecule has 0 aliphatic carbocycles. The summed E-state index contributed by atoms with van der Waals surface area (Å²) in [5.74, 6) is -0.298. The van der Waals surface area contributed by atoms with Gasteiger partial charge in [0.05, 0.1) is 5.69 Å². The van der Waals surface area contributed by atoms with Crippen molar-refractivity contribution in [2.24, 2.45) is 0 Å². The van der Waals surface area contributed by atoms with Crippen LogP contribution in [0.25, 0.3) is 27.5 Å². The summed E-state index contributed by atoms with van der Waals surface area (Å²) >= 11 is 3.46. The Morgan fingerprint density at radius 1 is 1.00 bits per heavy atom. The quantitative estimate of drug-likeness (QED) is 0.408. The number of fused-ring (bicyclic) bond motifs is 2. The number of halogens is 1. The zero-order valence-electron chi connectivity index (χ0n) is 16.9. The highest BCUT2D eigenvalue weighted by Crippen LogP contribution is 2.27. The predicted molar refractivity (Wildman–Crippen MR) is 126 cm³/mol. The maximum atomic E-state index is 13.0. The average Bonchev–Trinajstić information content (AvgIpc) is 3.25. The molecule has 2 heterocycles. The van der Waals surface area contributed by atoms with E-state index in [4.69, 9.17) is 0 Å². The van der Waals surface area contributed by atoms with E-state index >= 15 is 0 Å². The molecule has 2 aromatic heterocycles. The molecule has 0 atom stereocenters. The third kappa shape index (κ3) is 3.80. The van der Waals surface area contributed by atoms with Gasteiger partial charge in [-0.15, -0.1) is 0 Å². The summed E-state index contributed by atoms with van der Waals surface area (Å²) in [4.78, 5) is 25.4. The molecule has 5 rings (SSSR count). The standard InChI is InChI=1S/C24H18BrN5O2/c25-20-11-4-2-7-17(20)13-26-23(31)14-29-24(32)22-12-21(28-30(22)15-27-29)19-10-5-8-16-6-1-3-9-18(16)19/h1-12,15H,13-14H2,(H,26,31). The number of nitrogens with zero attached hydrogens (tertiary/aromatic N) is 4. The van der Waals surface area contributed by atoms with E-state index in [1.54, 1.807) is 6.07 Å². The van der Waals surface area contributed by atoms with Crippen molar-refractivity contribution in [3.63, 3.8) is 0 Å². The van der Waals surface area contributed by atoms with Crippen LogP contribution in [0.3, 0.4) is 0 Å². The summed E-state index contributed by atoms with van der Waals surface area (Å²) in [6, 6.07) is 23.4. The van der Waals surface area contributed by atoms with Gasteiger partial charge in [-0.2, -0.15) is 10.2 Å². The number of nitrogens with one attached hydrogen (secondary N) is 1. The first-order chi connectivity index (χ1) is 15.6. The minimum atomic E-state index is -0.373. The van der Waals surface area contributed by atoms with Crippen molar-refractivity contribution in [1.82, 2.24) is 24.7 Å². The van der Waals surface area contributed by atoms with Gasteiger partial charge in [0.25, 0.3) is 5.56 Å². The molecule has 0 aliphatic heterocycles. The monoisotopic (exact) mass is 487 g/mol. The molecule has 1 amide bonds. The molecule has 0 spiro atoms. The lowest BCUT2D eigenvalue weighted by molar-refractivity contribution is -0.122. The van der Waals surface area contributed by atoms with Crippen molar-refractivity contribution in [1.29, 1.82) is 0 Å². The molecule has 158 valence electrons. The Bertz CT molecular complexity index is 1520. The van der Waals surface area contributed by atoms with Crippen LogP contribution in [0.4, 0.5) is 0 Å². The van der Waals surface area contributed by atoms with E-state index in [1.165, 1.54) is 10.8 Å². The first kappa shape index (κ1) is 20.1. The van der Waals surface area contributed by atoms with Crippen LogP contribution < -0.4 is 10.9 Å². The Morgan fingerprint density at radius 2 is 1.78 bits per heavy atom. The van der Waals surface area contributed by atoms with Gasteiger partial charge in [-0.1, -0.05) is 76.6 Å². The Morgan fingerprint density at radius 3 is 2.66 bits per heavy atom. The van der Waals surface area contributed by atoms with Crippen molar-refractivity contribution < 1.29 is 4.79 Å². The molecule has 7 nitrogen and oxygen atoms in total. The predicted octanol–water partition coefficient (Wildman–Crippen LogP) is 3.79. The SMILES string of the molecule is O=C(Cn1ncn2nc(-c3cccc4ccccc34)cc2c1=O)NCc1ccccc1Br. The lowest BCUT2D eigenvalue weighted by Gasteiger charge is -2.08. The fourth-order valence-corrected chi connectivity index (χ4v) is 4.08. The number of rotatable bonds is 5. The second-order valence-electron chi connectivity index (χ2n) is 7.35. The molecule has 0 aliphatic rings. The molecule has 0 unspecified atom stereocenters. The summed E-state index contributed by atoms with van der Waals surface area (Å²) in [5, 5.41) is 13.6. The summed E-state index contributed by atoms with van der Waals surface area (Å²) < 4.78 is 3.52. The van der Waals surface area contributed by atoms with Crippen molar-refractivity contribution in [3.8, 4) is 11.3 Å². The summed E-state index contributed by atoms with van der Waals surface area (Å²) in [6.45, 7) is 0.184. The van der Waals surface area contributed by atoms with E-state index in [0.29, 0.717) is 17.8 Å². The third-order valence-corrected chi connectivity index (χ3v) is 6.06. The van der Waals surface area contributed by atoms with Crippen molar-refractivity contribution in [2.75, 3.05) is 0 Å². The van der Waals surface area contributed by atoms with Crippen molar-refractivity contribution >= 4 is 38.1 Å². The number of aromatic nitrogens is 4. The average molecular weight is 488 g/mol. The Hall–Kier alpha value is -3.78. The number of amides is 1. The van der Waals surface area contributed by atoms with Gasteiger partial charge < -0.3 is 5.32 Å². The van der Waals surface area contributed by atoms with Crippen molar-refractivity contribution in [2.45, 2.75) is 13.1 Å². The van der Waals surface area contributed by atoms with Gasteiger partial charge in [0.1, 0.15) is 18.4 Å². The van der Waals surface area contributed by atoms with Crippen LogP contribution in [-0.2, 0) is 17.9 Å². The van der Waals surface area contributed by atoms with Crippen LogP contribution in [0.15, 0.2) is 88.4 Å². The maximum Gasteiger partial charge on any atom is 0.293 e. The van der Waals surface area contributed by atoms with E-state index in [1.807, 2.05) is 66.7 Å². The fraction of sp³-hybridized carbons (Fsp3) is 0.0833. The fourth-order valence-electron chi connectivity index (χ4n) is 3.66. The molecule has 0 fully saturated rings. The van der Waals surface area contributed by atoms with Gasteiger partial charge in [0.2, 0.25) is 5.91 Å².